The number of nitrogens with one attached hydrogen (secondary N) is 1. The number of esters is 1. The first kappa shape index (κ1) is 12.9. The fraction of sp³-hybridized carbons (Fsp3) is 0.778. The molecule has 0 spiro atoms. The molecular weight excluding hydrogens is 186 g/mol. The molecule has 0 aromatic heterocycles. The van der Waals surface area contributed by atoms with Gasteiger partial charge in [-0.15, -0.1) is 0 Å². The van der Waals surface area contributed by atoms with Crippen LogP contribution in [-0.4, -0.2) is 36.2 Å². The molecule has 1 atom stereocenters. The summed E-state index contributed by atoms with van der Waals surface area (Å²) in [5, 5.41) is 10.9. The fourth-order valence-electron chi connectivity index (χ4n) is 0.875. The highest BCUT2D eigenvalue weighted by molar-refractivity contribution is 5.82. The maximum Gasteiger partial charge on any atom is 0.328 e. The van der Waals surface area contributed by atoms with Crippen LogP contribution in [0.2, 0.25) is 0 Å². The molecule has 0 aromatic carbocycles. The van der Waals surface area contributed by atoms with Gasteiger partial charge in [0.15, 0.2) is 0 Å². The number of ether oxygens (including phenoxy) is 1. The molecule has 0 radical (unpaired) electrons. The molecule has 0 saturated heterocycles. The Morgan fingerprint density at radius 3 is 2.57 bits per heavy atom. The summed E-state index contributed by atoms with van der Waals surface area (Å²) < 4.78 is 4.84. The standard InChI is InChI=1S/C9H17NO4/c1-7(10-8(2)12)9(13)14-6-4-3-5-11/h7,11H,3-6H2,1-2H3,(H,10,12). The lowest BCUT2D eigenvalue weighted by atomic mass is 10.3. The molecule has 0 aliphatic rings. The van der Waals surface area contributed by atoms with Gasteiger partial charge in [-0.25, -0.2) is 4.79 Å². The topological polar surface area (TPSA) is 75.6 Å². The lowest BCUT2D eigenvalue weighted by Gasteiger charge is -2.11. The molecule has 2 N–H and O–H groups in total. The molecule has 5 heteroatoms. The summed E-state index contributed by atoms with van der Waals surface area (Å²) in [5.41, 5.74) is 0. The van der Waals surface area contributed by atoms with Crippen LogP contribution in [0.25, 0.3) is 0 Å². The molecule has 14 heavy (non-hydrogen) atoms. The van der Waals surface area contributed by atoms with Gasteiger partial charge in [0, 0.05) is 13.5 Å². The van der Waals surface area contributed by atoms with Crippen molar-refractivity contribution in [1.29, 1.82) is 0 Å². The molecule has 0 saturated carbocycles. The van der Waals surface area contributed by atoms with E-state index in [9.17, 15) is 9.59 Å². The van der Waals surface area contributed by atoms with Crippen molar-refractivity contribution in [2.24, 2.45) is 0 Å². The average Bonchev–Trinajstić information content (AvgIpc) is 2.11. The van der Waals surface area contributed by atoms with E-state index >= 15 is 0 Å². The van der Waals surface area contributed by atoms with E-state index in [1.165, 1.54) is 6.92 Å². The second-order valence-electron chi connectivity index (χ2n) is 3.02. The number of hydrogen-bond acceptors (Lipinski definition) is 4. The summed E-state index contributed by atoms with van der Waals surface area (Å²) in [5.74, 6) is -0.706. The Bertz CT molecular complexity index is 193. The molecule has 1 amide bonds. The highest BCUT2D eigenvalue weighted by atomic mass is 16.5. The summed E-state index contributed by atoms with van der Waals surface area (Å²) in [6.07, 6.45) is 1.25. The number of carbonyl (C=O) groups is 2. The molecule has 0 fully saturated rings. The zero-order valence-electron chi connectivity index (χ0n) is 8.58. The normalized spacial score (nSPS) is 11.9. The maximum absolute atomic E-state index is 11.1. The van der Waals surface area contributed by atoms with Crippen LogP contribution in [0.4, 0.5) is 0 Å². The van der Waals surface area contributed by atoms with Crippen LogP contribution in [0.1, 0.15) is 26.7 Å². The predicted octanol–water partition coefficient (Wildman–Crippen LogP) is -0.173. The van der Waals surface area contributed by atoms with E-state index in [4.69, 9.17) is 9.84 Å². The molecule has 5 nitrogen and oxygen atoms in total. The highest BCUT2D eigenvalue weighted by Gasteiger charge is 2.14. The first-order chi connectivity index (χ1) is 6.57. The third-order valence-electron chi connectivity index (χ3n) is 1.57. The van der Waals surface area contributed by atoms with E-state index in [1.54, 1.807) is 6.92 Å². The average molecular weight is 203 g/mol. The number of aliphatic hydroxyl groups excluding tert-OH is 1. The molecule has 0 aliphatic heterocycles. The molecule has 82 valence electrons. The van der Waals surface area contributed by atoms with Gasteiger partial charge in [-0.1, -0.05) is 0 Å². The van der Waals surface area contributed by atoms with E-state index in [0.717, 1.165) is 0 Å². The first-order valence-electron chi connectivity index (χ1n) is 4.62. The van der Waals surface area contributed by atoms with Crippen LogP contribution in [0, 0.1) is 0 Å². The number of unbranched alkanes of at least 4 members (excludes halogenated alkanes) is 1. The maximum atomic E-state index is 11.1. The van der Waals surface area contributed by atoms with Gasteiger partial charge < -0.3 is 15.2 Å². The quantitative estimate of drug-likeness (QED) is 0.464. The van der Waals surface area contributed by atoms with E-state index in [2.05, 4.69) is 5.32 Å². The Morgan fingerprint density at radius 2 is 2.07 bits per heavy atom. The third kappa shape index (κ3) is 6.42. The minimum absolute atomic E-state index is 0.0960. The number of rotatable bonds is 6. The van der Waals surface area contributed by atoms with E-state index in [-0.39, 0.29) is 19.1 Å². The Balaban J connectivity index is 3.57. The summed E-state index contributed by atoms with van der Waals surface area (Å²) >= 11 is 0. The van der Waals surface area contributed by atoms with Crippen molar-refractivity contribution in [3.63, 3.8) is 0 Å². The largest absolute Gasteiger partial charge is 0.464 e. The van der Waals surface area contributed by atoms with Crippen LogP contribution in [0.3, 0.4) is 0 Å². The second kappa shape index (κ2) is 7.32. The monoisotopic (exact) mass is 203 g/mol. The third-order valence-corrected chi connectivity index (χ3v) is 1.57. The Morgan fingerprint density at radius 1 is 1.43 bits per heavy atom. The van der Waals surface area contributed by atoms with Gasteiger partial charge in [0.05, 0.1) is 6.61 Å². The van der Waals surface area contributed by atoms with Crippen molar-refractivity contribution in [3.8, 4) is 0 Å². The summed E-state index contributed by atoms with van der Waals surface area (Å²) in [6.45, 7) is 3.29. The van der Waals surface area contributed by atoms with Gasteiger partial charge in [0.2, 0.25) is 5.91 Å². The van der Waals surface area contributed by atoms with Crippen molar-refractivity contribution in [2.75, 3.05) is 13.2 Å². The second-order valence-corrected chi connectivity index (χ2v) is 3.02. The van der Waals surface area contributed by atoms with Crippen LogP contribution in [0.5, 0.6) is 0 Å². The number of carbonyl (C=O) groups excluding carboxylic acids is 2. The molecule has 1 unspecified atom stereocenters. The Labute approximate surface area is 83.4 Å². The molecule has 0 aromatic rings. The molecule has 0 heterocycles. The van der Waals surface area contributed by atoms with Crippen molar-refractivity contribution in [3.05, 3.63) is 0 Å². The molecule has 0 aliphatic carbocycles. The van der Waals surface area contributed by atoms with E-state index in [0.29, 0.717) is 12.8 Å². The van der Waals surface area contributed by atoms with Crippen LogP contribution < -0.4 is 5.32 Å². The number of aliphatic hydroxyl groups is 1. The lowest BCUT2D eigenvalue weighted by molar-refractivity contribution is -0.147. The van der Waals surface area contributed by atoms with Gasteiger partial charge in [-0.3, -0.25) is 4.79 Å². The van der Waals surface area contributed by atoms with E-state index in [1.807, 2.05) is 0 Å². The van der Waals surface area contributed by atoms with E-state index < -0.39 is 12.0 Å². The molecule has 0 rings (SSSR count). The van der Waals surface area contributed by atoms with Crippen molar-refractivity contribution in [2.45, 2.75) is 32.7 Å². The Hall–Kier alpha value is -1.10. The van der Waals surface area contributed by atoms with Crippen molar-refractivity contribution in [1.82, 2.24) is 5.32 Å². The van der Waals surface area contributed by atoms with Gasteiger partial charge >= 0.3 is 5.97 Å². The minimum atomic E-state index is -0.610. The van der Waals surface area contributed by atoms with Crippen molar-refractivity contribution < 1.29 is 19.4 Å². The number of amides is 1. The van der Waals surface area contributed by atoms with Gasteiger partial charge in [0.25, 0.3) is 0 Å². The predicted molar refractivity (Wildman–Crippen MR) is 50.6 cm³/mol. The smallest absolute Gasteiger partial charge is 0.328 e. The summed E-state index contributed by atoms with van der Waals surface area (Å²) in [4.78, 5) is 21.7. The Kier molecular flexibility index (Phi) is 6.74. The highest BCUT2D eigenvalue weighted by Crippen LogP contribution is 1.92. The van der Waals surface area contributed by atoms with Crippen LogP contribution >= 0.6 is 0 Å². The van der Waals surface area contributed by atoms with Crippen molar-refractivity contribution >= 4 is 11.9 Å². The minimum Gasteiger partial charge on any atom is -0.464 e. The fourth-order valence-corrected chi connectivity index (χ4v) is 0.875. The molecular formula is C9H17NO4. The van der Waals surface area contributed by atoms with Crippen LogP contribution in [0.15, 0.2) is 0 Å². The van der Waals surface area contributed by atoms with Gasteiger partial charge in [0.1, 0.15) is 6.04 Å². The first-order valence-corrected chi connectivity index (χ1v) is 4.62. The van der Waals surface area contributed by atoms with Gasteiger partial charge in [-0.05, 0) is 19.8 Å². The molecule has 0 bridgehead atoms. The zero-order valence-corrected chi connectivity index (χ0v) is 8.58. The van der Waals surface area contributed by atoms with Gasteiger partial charge in [-0.2, -0.15) is 0 Å². The zero-order chi connectivity index (χ0) is 11.0. The SMILES string of the molecule is CC(=O)NC(C)C(=O)OCCCCO. The number of hydrogen-bond donors (Lipinski definition) is 2. The summed E-state index contributed by atoms with van der Waals surface area (Å²) in [7, 11) is 0. The van der Waals surface area contributed by atoms with Crippen LogP contribution in [-0.2, 0) is 14.3 Å². The summed E-state index contributed by atoms with van der Waals surface area (Å²) in [6, 6.07) is -0.610. The lowest BCUT2D eigenvalue weighted by Crippen LogP contribution is -2.38.